The number of carbonyl (C=O) groups is 1. The molecule has 2 aromatic carbocycles. The molecule has 124 valence electrons. The third kappa shape index (κ3) is 4.24. The Bertz CT molecular complexity index is 704. The molecular weight excluding hydrogens is 320 g/mol. The van der Waals surface area contributed by atoms with Crippen molar-refractivity contribution < 1.29 is 4.79 Å². The van der Waals surface area contributed by atoms with Crippen molar-refractivity contribution in [1.82, 2.24) is 5.43 Å². The maximum atomic E-state index is 12.3. The van der Waals surface area contributed by atoms with E-state index in [9.17, 15) is 4.79 Å². The third-order valence-corrected chi connectivity index (χ3v) is 4.70. The van der Waals surface area contributed by atoms with Crippen LogP contribution in [0.4, 0.5) is 0 Å². The van der Waals surface area contributed by atoms with Crippen molar-refractivity contribution in [3.05, 3.63) is 70.7 Å². The maximum Gasteiger partial charge on any atom is 0.271 e. The molecular formula is C20H21ClN2O. The molecule has 0 heterocycles. The van der Waals surface area contributed by atoms with Crippen molar-refractivity contribution in [3.63, 3.8) is 0 Å². The summed E-state index contributed by atoms with van der Waals surface area (Å²) in [6, 6.07) is 17.0. The first kappa shape index (κ1) is 16.7. The van der Waals surface area contributed by atoms with Crippen LogP contribution in [0.15, 0.2) is 59.7 Å². The zero-order chi connectivity index (χ0) is 16.8. The van der Waals surface area contributed by atoms with Crippen LogP contribution in [-0.4, -0.2) is 11.6 Å². The summed E-state index contributed by atoms with van der Waals surface area (Å²) in [5.74, 6) is 0.197. The van der Waals surface area contributed by atoms with Crippen LogP contribution in [0, 0.1) is 5.92 Å². The van der Waals surface area contributed by atoms with Crippen LogP contribution in [0.2, 0.25) is 5.02 Å². The van der Waals surface area contributed by atoms with Crippen LogP contribution < -0.4 is 5.43 Å². The minimum Gasteiger partial charge on any atom is -0.267 e. The molecule has 0 unspecified atom stereocenters. The number of rotatable bonds is 4. The van der Waals surface area contributed by atoms with Gasteiger partial charge in [0, 0.05) is 16.5 Å². The summed E-state index contributed by atoms with van der Waals surface area (Å²) in [4.78, 5) is 12.3. The number of hydrogen-bond donors (Lipinski definition) is 1. The fourth-order valence-corrected chi connectivity index (χ4v) is 3.28. The molecule has 0 aliphatic heterocycles. The van der Waals surface area contributed by atoms with E-state index >= 15 is 0 Å². The van der Waals surface area contributed by atoms with Gasteiger partial charge >= 0.3 is 0 Å². The molecule has 24 heavy (non-hydrogen) atoms. The average molecular weight is 341 g/mol. The van der Waals surface area contributed by atoms with Crippen molar-refractivity contribution in [2.75, 3.05) is 0 Å². The molecule has 0 radical (unpaired) electrons. The van der Waals surface area contributed by atoms with Gasteiger partial charge in [-0.2, -0.15) is 5.10 Å². The van der Waals surface area contributed by atoms with E-state index in [2.05, 4.69) is 22.7 Å². The van der Waals surface area contributed by atoms with E-state index in [-0.39, 0.29) is 5.91 Å². The minimum atomic E-state index is -0.212. The Morgan fingerprint density at radius 1 is 0.917 bits per heavy atom. The highest BCUT2D eigenvalue weighted by molar-refractivity contribution is 6.30. The van der Waals surface area contributed by atoms with Gasteiger partial charge in [0.05, 0.1) is 5.71 Å². The van der Waals surface area contributed by atoms with Crippen LogP contribution in [-0.2, 0) is 0 Å². The molecule has 0 aromatic heterocycles. The Kier molecular flexibility index (Phi) is 5.65. The number of benzene rings is 2. The van der Waals surface area contributed by atoms with Crippen LogP contribution in [0.25, 0.3) is 0 Å². The second kappa shape index (κ2) is 8.11. The second-order valence-electron chi connectivity index (χ2n) is 6.15. The summed E-state index contributed by atoms with van der Waals surface area (Å²) in [7, 11) is 0. The van der Waals surface area contributed by atoms with Crippen molar-refractivity contribution in [2.45, 2.75) is 32.1 Å². The monoisotopic (exact) mass is 340 g/mol. The molecule has 0 bridgehead atoms. The molecule has 4 heteroatoms. The first-order chi connectivity index (χ1) is 11.7. The van der Waals surface area contributed by atoms with Crippen LogP contribution in [0.1, 0.15) is 48.0 Å². The van der Waals surface area contributed by atoms with Gasteiger partial charge in [0.2, 0.25) is 0 Å². The smallest absolute Gasteiger partial charge is 0.267 e. The lowest BCUT2D eigenvalue weighted by Crippen LogP contribution is -2.25. The van der Waals surface area contributed by atoms with Gasteiger partial charge in [-0.1, -0.05) is 61.2 Å². The molecule has 0 saturated heterocycles. The summed E-state index contributed by atoms with van der Waals surface area (Å²) < 4.78 is 0. The SMILES string of the molecule is O=C(N/N=C(/c1ccccc1)C1CCCCC1)c1ccc(Cl)cc1. The van der Waals surface area contributed by atoms with Gasteiger partial charge < -0.3 is 0 Å². The molecule has 3 rings (SSSR count). The summed E-state index contributed by atoms with van der Waals surface area (Å²) in [6.45, 7) is 0. The predicted octanol–water partition coefficient (Wildman–Crippen LogP) is 5.05. The third-order valence-electron chi connectivity index (χ3n) is 4.45. The average Bonchev–Trinajstić information content (AvgIpc) is 2.64. The highest BCUT2D eigenvalue weighted by Crippen LogP contribution is 2.27. The van der Waals surface area contributed by atoms with Crippen molar-refractivity contribution in [3.8, 4) is 0 Å². The zero-order valence-electron chi connectivity index (χ0n) is 13.5. The molecule has 1 amide bonds. The van der Waals surface area contributed by atoms with Gasteiger partial charge in [-0.25, -0.2) is 5.43 Å². The quantitative estimate of drug-likeness (QED) is 0.613. The van der Waals surface area contributed by atoms with Gasteiger partial charge in [-0.05, 0) is 42.7 Å². The Balaban J connectivity index is 1.80. The Hall–Kier alpha value is -2.13. The van der Waals surface area contributed by atoms with Crippen molar-refractivity contribution in [1.29, 1.82) is 0 Å². The fraction of sp³-hybridized carbons (Fsp3) is 0.300. The highest BCUT2D eigenvalue weighted by atomic mass is 35.5. The largest absolute Gasteiger partial charge is 0.271 e. The standard InChI is InChI=1S/C20H21ClN2O/c21-18-13-11-17(12-14-18)20(24)23-22-19(15-7-3-1-4-8-15)16-9-5-2-6-10-16/h1,3-4,7-8,11-14,16H,2,5-6,9-10H2,(H,23,24)/b22-19-. The summed E-state index contributed by atoms with van der Waals surface area (Å²) in [6.07, 6.45) is 5.99. The number of hydrazone groups is 1. The van der Waals surface area contributed by atoms with Crippen LogP contribution in [0.5, 0.6) is 0 Å². The predicted molar refractivity (Wildman–Crippen MR) is 98.5 cm³/mol. The number of nitrogens with zero attached hydrogens (tertiary/aromatic N) is 1. The van der Waals surface area contributed by atoms with Gasteiger partial charge in [0.25, 0.3) is 5.91 Å². The summed E-state index contributed by atoms with van der Waals surface area (Å²) >= 11 is 5.87. The lowest BCUT2D eigenvalue weighted by Gasteiger charge is -2.23. The number of nitrogens with one attached hydrogen (secondary N) is 1. The van der Waals surface area contributed by atoms with E-state index in [1.54, 1.807) is 24.3 Å². The Morgan fingerprint density at radius 3 is 2.25 bits per heavy atom. The van der Waals surface area contributed by atoms with E-state index in [1.165, 1.54) is 19.3 Å². The molecule has 0 spiro atoms. The minimum absolute atomic E-state index is 0.212. The Labute approximate surface area is 147 Å². The lowest BCUT2D eigenvalue weighted by atomic mass is 9.83. The molecule has 1 fully saturated rings. The fourth-order valence-electron chi connectivity index (χ4n) is 3.15. The first-order valence-corrected chi connectivity index (χ1v) is 8.81. The van der Waals surface area contributed by atoms with Gasteiger partial charge in [0.1, 0.15) is 0 Å². The molecule has 0 atom stereocenters. The van der Waals surface area contributed by atoms with E-state index in [0.29, 0.717) is 16.5 Å². The van der Waals surface area contributed by atoms with E-state index in [0.717, 1.165) is 24.1 Å². The lowest BCUT2D eigenvalue weighted by molar-refractivity contribution is 0.0954. The summed E-state index contributed by atoms with van der Waals surface area (Å²) in [5, 5.41) is 5.11. The Morgan fingerprint density at radius 2 is 1.58 bits per heavy atom. The van der Waals surface area contributed by atoms with Gasteiger partial charge in [-0.3, -0.25) is 4.79 Å². The number of hydrogen-bond acceptors (Lipinski definition) is 2. The maximum absolute atomic E-state index is 12.3. The molecule has 1 N–H and O–H groups in total. The topological polar surface area (TPSA) is 41.5 Å². The van der Waals surface area contributed by atoms with E-state index < -0.39 is 0 Å². The van der Waals surface area contributed by atoms with E-state index in [4.69, 9.17) is 11.6 Å². The second-order valence-corrected chi connectivity index (χ2v) is 6.58. The van der Waals surface area contributed by atoms with Crippen molar-refractivity contribution in [2.24, 2.45) is 11.0 Å². The van der Waals surface area contributed by atoms with Gasteiger partial charge in [-0.15, -0.1) is 0 Å². The van der Waals surface area contributed by atoms with Gasteiger partial charge in [0.15, 0.2) is 0 Å². The van der Waals surface area contributed by atoms with Crippen LogP contribution >= 0.6 is 11.6 Å². The zero-order valence-corrected chi connectivity index (χ0v) is 14.3. The summed E-state index contributed by atoms with van der Waals surface area (Å²) in [5.41, 5.74) is 5.34. The van der Waals surface area contributed by atoms with Crippen molar-refractivity contribution >= 4 is 23.2 Å². The number of amides is 1. The molecule has 1 aliphatic rings. The normalized spacial score (nSPS) is 16.0. The van der Waals surface area contributed by atoms with E-state index in [1.807, 2.05) is 18.2 Å². The number of carbonyl (C=O) groups excluding carboxylic acids is 1. The highest BCUT2D eigenvalue weighted by Gasteiger charge is 2.21. The molecule has 2 aromatic rings. The first-order valence-electron chi connectivity index (χ1n) is 8.43. The number of halogens is 1. The van der Waals surface area contributed by atoms with Crippen LogP contribution in [0.3, 0.4) is 0 Å². The molecule has 3 nitrogen and oxygen atoms in total. The molecule has 1 saturated carbocycles. The molecule has 1 aliphatic carbocycles.